The Bertz CT molecular complexity index is 3660. The molecular weight excluding hydrogens is 749 g/mol. The van der Waals surface area contributed by atoms with Crippen molar-refractivity contribution in [1.82, 2.24) is 9.97 Å². The van der Waals surface area contributed by atoms with Gasteiger partial charge in [0.2, 0.25) is 0 Å². The second-order valence-electron chi connectivity index (χ2n) is 16.0. The van der Waals surface area contributed by atoms with E-state index in [4.69, 9.17) is 9.97 Å². The minimum absolute atomic E-state index is 0.710. The van der Waals surface area contributed by atoms with Crippen LogP contribution in [0.5, 0.6) is 0 Å². The van der Waals surface area contributed by atoms with Crippen LogP contribution in [0.4, 0.5) is 0 Å². The predicted molar refractivity (Wildman–Crippen MR) is 262 cm³/mol. The highest BCUT2D eigenvalue weighted by molar-refractivity contribution is 6.29. The first-order valence-electron chi connectivity index (χ1n) is 21.2. The van der Waals surface area contributed by atoms with Gasteiger partial charge in [0.15, 0.2) is 5.82 Å². The molecule has 0 N–H and O–H groups in total. The van der Waals surface area contributed by atoms with E-state index in [0.29, 0.717) is 5.82 Å². The lowest BCUT2D eigenvalue weighted by Crippen LogP contribution is -1.96. The molecule has 0 atom stereocenters. The summed E-state index contributed by atoms with van der Waals surface area (Å²) in [6, 6.07) is 83.0. The molecule has 0 saturated carbocycles. The number of hydrogen-bond donors (Lipinski definition) is 0. The fourth-order valence-electron chi connectivity index (χ4n) is 9.63. The lowest BCUT2D eigenvalue weighted by Gasteiger charge is -2.21. The van der Waals surface area contributed by atoms with Gasteiger partial charge in [-0.1, -0.05) is 224 Å². The van der Waals surface area contributed by atoms with Crippen molar-refractivity contribution in [1.29, 1.82) is 0 Å². The molecule has 0 saturated heterocycles. The third-order valence-electron chi connectivity index (χ3n) is 12.5. The molecule has 12 aromatic rings. The molecule has 0 aliphatic heterocycles. The van der Waals surface area contributed by atoms with Gasteiger partial charge in [0, 0.05) is 16.7 Å². The second kappa shape index (κ2) is 14.8. The lowest BCUT2D eigenvalue weighted by atomic mass is 9.82. The topological polar surface area (TPSA) is 25.8 Å². The third-order valence-corrected chi connectivity index (χ3v) is 12.5. The molecule has 2 heteroatoms. The fraction of sp³-hybridized carbons (Fsp3) is 0. The molecule has 62 heavy (non-hydrogen) atoms. The minimum Gasteiger partial charge on any atom is -0.228 e. The molecule has 0 fully saturated rings. The van der Waals surface area contributed by atoms with Gasteiger partial charge in [0.1, 0.15) is 0 Å². The van der Waals surface area contributed by atoms with Crippen LogP contribution in [0.15, 0.2) is 231 Å². The monoisotopic (exact) mass is 786 g/mol. The zero-order valence-electron chi connectivity index (χ0n) is 33.8. The molecule has 0 aliphatic carbocycles. The van der Waals surface area contributed by atoms with Crippen LogP contribution in [0.2, 0.25) is 0 Å². The van der Waals surface area contributed by atoms with Crippen LogP contribution in [-0.4, -0.2) is 9.97 Å². The van der Waals surface area contributed by atoms with Gasteiger partial charge in [-0.2, -0.15) is 0 Å². The highest BCUT2D eigenvalue weighted by Gasteiger charge is 2.21. The second-order valence-corrected chi connectivity index (χ2v) is 16.0. The largest absolute Gasteiger partial charge is 0.228 e. The summed E-state index contributed by atoms with van der Waals surface area (Å²) in [6.07, 6.45) is 0. The number of rotatable bonds is 6. The van der Waals surface area contributed by atoms with E-state index in [9.17, 15) is 0 Å². The van der Waals surface area contributed by atoms with Crippen LogP contribution in [0.1, 0.15) is 0 Å². The molecule has 0 spiro atoms. The zero-order valence-corrected chi connectivity index (χ0v) is 33.8. The maximum atomic E-state index is 5.16. The Morgan fingerprint density at radius 1 is 0.242 bits per heavy atom. The van der Waals surface area contributed by atoms with E-state index in [1.54, 1.807) is 0 Å². The fourth-order valence-corrected chi connectivity index (χ4v) is 9.63. The van der Waals surface area contributed by atoms with Gasteiger partial charge in [-0.3, -0.25) is 0 Å². The van der Waals surface area contributed by atoms with Crippen molar-refractivity contribution in [3.63, 3.8) is 0 Å². The molecule has 0 unspecified atom stereocenters. The Kier molecular flexibility index (Phi) is 8.53. The summed E-state index contributed by atoms with van der Waals surface area (Å²) in [5.74, 6) is 0.710. The average Bonchev–Trinajstić information content (AvgIpc) is 3.35. The number of hydrogen-bond acceptors (Lipinski definition) is 2. The van der Waals surface area contributed by atoms with Crippen molar-refractivity contribution in [3.8, 4) is 67.3 Å². The predicted octanol–water partition coefficient (Wildman–Crippen LogP) is 16.2. The standard InChI is InChI=1S/C60H38N2/c1-3-18-43(19-4-1)57-51-27-13-14-28-52(51)58(54-35-34-40-17-8-10-24-47(40)59(54)57)53-37-36-46(48-25-11-12-26-49(48)53)41-30-32-42(33-31-41)55-38-56(62-60(61-55)44-20-5-2-6-21-44)50-29-15-22-39-16-7-9-23-45(39)50/h1-38H. The molecule has 12 rings (SSSR count). The Morgan fingerprint density at radius 3 is 1.48 bits per heavy atom. The van der Waals surface area contributed by atoms with Crippen molar-refractivity contribution in [2.24, 2.45) is 0 Å². The molecular formula is C60H38N2. The summed E-state index contributed by atoms with van der Waals surface area (Å²) in [4.78, 5) is 10.3. The molecule has 2 nitrogen and oxygen atoms in total. The van der Waals surface area contributed by atoms with E-state index < -0.39 is 0 Å². The van der Waals surface area contributed by atoms with Gasteiger partial charge < -0.3 is 0 Å². The summed E-state index contributed by atoms with van der Waals surface area (Å²) in [5, 5.41) is 12.4. The van der Waals surface area contributed by atoms with Gasteiger partial charge >= 0.3 is 0 Å². The average molecular weight is 787 g/mol. The normalized spacial score (nSPS) is 11.5. The van der Waals surface area contributed by atoms with Gasteiger partial charge in [0.05, 0.1) is 11.4 Å². The molecule has 0 aliphatic rings. The van der Waals surface area contributed by atoms with E-state index in [2.05, 4.69) is 212 Å². The molecule has 0 radical (unpaired) electrons. The van der Waals surface area contributed by atoms with E-state index in [1.807, 2.05) is 18.2 Å². The summed E-state index contributed by atoms with van der Waals surface area (Å²) in [5.41, 5.74) is 12.3. The van der Waals surface area contributed by atoms with Crippen LogP contribution in [0.25, 0.3) is 121 Å². The molecule has 11 aromatic carbocycles. The van der Waals surface area contributed by atoms with Crippen LogP contribution < -0.4 is 0 Å². The highest BCUT2D eigenvalue weighted by atomic mass is 14.9. The maximum absolute atomic E-state index is 5.16. The van der Waals surface area contributed by atoms with Crippen LogP contribution >= 0.6 is 0 Å². The number of benzene rings is 11. The van der Waals surface area contributed by atoms with Crippen LogP contribution in [0, 0.1) is 0 Å². The molecule has 288 valence electrons. The van der Waals surface area contributed by atoms with E-state index in [-0.39, 0.29) is 0 Å². The Morgan fingerprint density at radius 2 is 0.758 bits per heavy atom. The van der Waals surface area contributed by atoms with E-state index in [0.717, 1.165) is 33.6 Å². The minimum atomic E-state index is 0.710. The molecule has 0 amide bonds. The van der Waals surface area contributed by atoms with Crippen LogP contribution in [0.3, 0.4) is 0 Å². The van der Waals surface area contributed by atoms with Crippen molar-refractivity contribution in [2.45, 2.75) is 0 Å². The summed E-state index contributed by atoms with van der Waals surface area (Å²) in [6.45, 7) is 0. The zero-order chi connectivity index (χ0) is 41.0. The van der Waals surface area contributed by atoms with E-state index in [1.165, 1.54) is 81.7 Å². The van der Waals surface area contributed by atoms with E-state index >= 15 is 0 Å². The van der Waals surface area contributed by atoms with Gasteiger partial charge in [-0.05, 0) is 93.3 Å². The third kappa shape index (κ3) is 5.96. The summed E-state index contributed by atoms with van der Waals surface area (Å²) >= 11 is 0. The quantitative estimate of drug-likeness (QED) is 0.124. The molecule has 1 heterocycles. The SMILES string of the molecule is c1ccc(-c2nc(-c3ccc(-c4ccc(-c5c6ccccc6c(-c6ccccc6)c6c5ccc5ccccc56)c5ccccc45)cc3)cc(-c3cccc4ccccc34)n2)cc1. The van der Waals surface area contributed by atoms with Gasteiger partial charge in [-0.15, -0.1) is 0 Å². The van der Waals surface area contributed by atoms with Crippen molar-refractivity contribution < 1.29 is 0 Å². The number of aromatic nitrogens is 2. The number of fused-ring (bicyclic) bond motifs is 6. The summed E-state index contributed by atoms with van der Waals surface area (Å²) in [7, 11) is 0. The first-order chi connectivity index (χ1) is 30.8. The summed E-state index contributed by atoms with van der Waals surface area (Å²) < 4.78 is 0. The first kappa shape index (κ1) is 35.7. The maximum Gasteiger partial charge on any atom is 0.160 e. The van der Waals surface area contributed by atoms with Crippen LogP contribution in [-0.2, 0) is 0 Å². The Labute approximate surface area is 360 Å². The van der Waals surface area contributed by atoms with Gasteiger partial charge in [0.25, 0.3) is 0 Å². The Balaban J connectivity index is 1.02. The Hall–Kier alpha value is -8.20. The highest BCUT2D eigenvalue weighted by Crippen LogP contribution is 2.48. The molecule has 1 aromatic heterocycles. The van der Waals surface area contributed by atoms with Crippen molar-refractivity contribution in [3.05, 3.63) is 231 Å². The molecule has 0 bridgehead atoms. The van der Waals surface area contributed by atoms with Gasteiger partial charge in [-0.25, -0.2) is 9.97 Å². The first-order valence-corrected chi connectivity index (χ1v) is 21.2. The number of nitrogens with zero attached hydrogens (tertiary/aromatic N) is 2. The smallest absolute Gasteiger partial charge is 0.160 e. The van der Waals surface area contributed by atoms with Crippen molar-refractivity contribution in [2.75, 3.05) is 0 Å². The lowest BCUT2D eigenvalue weighted by molar-refractivity contribution is 1.18. The van der Waals surface area contributed by atoms with Crippen molar-refractivity contribution >= 4 is 53.9 Å².